The fraction of sp³-hybridized carbons (Fsp3) is 0.400. The van der Waals surface area contributed by atoms with Crippen molar-refractivity contribution >= 4 is 6.29 Å². The summed E-state index contributed by atoms with van der Waals surface area (Å²) < 4.78 is 0. The predicted molar refractivity (Wildman–Crippen MR) is 49.5 cm³/mol. The minimum atomic E-state index is 0.395. The molecule has 0 spiro atoms. The predicted octanol–water partition coefficient (Wildman–Crippen LogP) is 1.23. The van der Waals surface area contributed by atoms with E-state index in [0.717, 1.165) is 17.5 Å². The third-order valence-corrected chi connectivity index (χ3v) is 2.35. The Bertz CT molecular complexity index is 332. The van der Waals surface area contributed by atoms with Gasteiger partial charge in [0.05, 0.1) is 5.69 Å². The first kappa shape index (κ1) is 8.38. The van der Waals surface area contributed by atoms with Crippen LogP contribution in [0.15, 0.2) is 12.1 Å². The standard InChI is InChI=1S/C10H12N2O/c11-5-8-3-4-9(7-1-2-7)10(6-13)12-8/h3-4,6-7H,1-2,5,11H2. The summed E-state index contributed by atoms with van der Waals surface area (Å²) in [6.45, 7) is 0.395. The highest BCUT2D eigenvalue weighted by atomic mass is 16.1. The van der Waals surface area contributed by atoms with E-state index in [-0.39, 0.29) is 0 Å². The molecule has 0 amide bonds. The lowest BCUT2D eigenvalue weighted by Crippen LogP contribution is -2.04. The third-order valence-electron chi connectivity index (χ3n) is 2.35. The molecule has 1 heterocycles. The van der Waals surface area contributed by atoms with Crippen LogP contribution < -0.4 is 5.73 Å². The van der Waals surface area contributed by atoms with Gasteiger partial charge in [-0.1, -0.05) is 6.07 Å². The monoisotopic (exact) mass is 176 g/mol. The first-order valence-corrected chi connectivity index (χ1v) is 4.50. The molecule has 1 fully saturated rings. The number of rotatable bonds is 3. The molecular weight excluding hydrogens is 164 g/mol. The summed E-state index contributed by atoms with van der Waals surface area (Å²) in [6.07, 6.45) is 3.20. The molecule has 1 saturated carbocycles. The van der Waals surface area contributed by atoms with Crippen LogP contribution in [0.3, 0.4) is 0 Å². The number of nitrogens with zero attached hydrogens (tertiary/aromatic N) is 1. The van der Waals surface area contributed by atoms with Crippen LogP contribution in [0.4, 0.5) is 0 Å². The molecule has 0 atom stereocenters. The Balaban J connectivity index is 2.39. The lowest BCUT2D eigenvalue weighted by atomic mass is 10.1. The van der Waals surface area contributed by atoms with Gasteiger partial charge in [0.1, 0.15) is 5.69 Å². The molecule has 0 aliphatic heterocycles. The van der Waals surface area contributed by atoms with E-state index in [9.17, 15) is 4.79 Å². The van der Waals surface area contributed by atoms with Gasteiger partial charge in [0.15, 0.2) is 6.29 Å². The molecule has 68 valence electrons. The zero-order valence-corrected chi connectivity index (χ0v) is 7.36. The van der Waals surface area contributed by atoms with Crippen molar-refractivity contribution in [1.29, 1.82) is 0 Å². The largest absolute Gasteiger partial charge is 0.325 e. The Kier molecular flexibility index (Phi) is 2.10. The van der Waals surface area contributed by atoms with Gasteiger partial charge >= 0.3 is 0 Å². The minimum absolute atomic E-state index is 0.395. The number of hydrogen-bond acceptors (Lipinski definition) is 3. The molecule has 3 heteroatoms. The number of aromatic nitrogens is 1. The highest BCUT2D eigenvalue weighted by Gasteiger charge is 2.26. The van der Waals surface area contributed by atoms with Crippen LogP contribution >= 0.6 is 0 Å². The normalized spacial score (nSPS) is 15.8. The van der Waals surface area contributed by atoms with Crippen LogP contribution in [-0.4, -0.2) is 11.3 Å². The summed E-state index contributed by atoms with van der Waals surface area (Å²) in [5.41, 5.74) is 7.89. The number of aldehydes is 1. The van der Waals surface area contributed by atoms with Crippen molar-refractivity contribution in [2.24, 2.45) is 5.73 Å². The van der Waals surface area contributed by atoms with Crippen LogP contribution in [-0.2, 0) is 6.54 Å². The Labute approximate surface area is 77.0 Å². The van der Waals surface area contributed by atoms with E-state index in [4.69, 9.17) is 5.73 Å². The van der Waals surface area contributed by atoms with Crippen molar-refractivity contribution in [2.75, 3.05) is 0 Å². The van der Waals surface area contributed by atoms with Gasteiger partial charge in [0, 0.05) is 6.54 Å². The molecule has 0 bridgehead atoms. The van der Waals surface area contributed by atoms with Crippen molar-refractivity contribution in [1.82, 2.24) is 4.98 Å². The Morgan fingerprint density at radius 3 is 2.85 bits per heavy atom. The van der Waals surface area contributed by atoms with Crippen LogP contribution in [0.25, 0.3) is 0 Å². The van der Waals surface area contributed by atoms with Gasteiger partial charge in [-0.05, 0) is 30.4 Å². The van der Waals surface area contributed by atoms with Crippen LogP contribution in [0.5, 0.6) is 0 Å². The second-order valence-corrected chi connectivity index (χ2v) is 3.37. The zero-order valence-electron chi connectivity index (χ0n) is 7.36. The number of carbonyl (C=O) groups is 1. The fourth-order valence-electron chi connectivity index (χ4n) is 1.48. The van der Waals surface area contributed by atoms with E-state index < -0.39 is 0 Å². The van der Waals surface area contributed by atoms with Crippen LogP contribution in [0, 0.1) is 0 Å². The number of nitrogens with two attached hydrogens (primary N) is 1. The molecular formula is C10H12N2O. The lowest BCUT2D eigenvalue weighted by Gasteiger charge is -2.03. The van der Waals surface area contributed by atoms with Gasteiger partial charge < -0.3 is 5.73 Å². The molecule has 3 nitrogen and oxygen atoms in total. The Morgan fingerprint density at radius 2 is 2.31 bits per heavy atom. The molecule has 1 aromatic heterocycles. The average molecular weight is 176 g/mol. The van der Waals surface area contributed by atoms with E-state index in [1.165, 1.54) is 12.8 Å². The van der Waals surface area contributed by atoms with Gasteiger partial charge in [0.25, 0.3) is 0 Å². The van der Waals surface area contributed by atoms with Gasteiger partial charge in [-0.3, -0.25) is 4.79 Å². The molecule has 13 heavy (non-hydrogen) atoms. The first-order valence-electron chi connectivity index (χ1n) is 4.50. The highest BCUT2D eigenvalue weighted by Crippen LogP contribution is 2.40. The summed E-state index contributed by atoms with van der Waals surface area (Å²) in [7, 11) is 0. The zero-order chi connectivity index (χ0) is 9.26. The molecule has 0 saturated heterocycles. The number of pyridine rings is 1. The van der Waals surface area contributed by atoms with E-state index in [2.05, 4.69) is 4.98 Å². The minimum Gasteiger partial charge on any atom is -0.325 e. The van der Waals surface area contributed by atoms with Crippen molar-refractivity contribution < 1.29 is 4.79 Å². The SMILES string of the molecule is NCc1ccc(C2CC2)c(C=O)n1. The third kappa shape index (κ3) is 1.60. The van der Waals surface area contributed by atoms with E-state index in [0.29, 0.717) is 18.2 Å². The van der Waals surface area contributed by atoms with Gasteiger partial charge in [0.2, 0.25) is 0 Å². The summed E-state index contributed by atoms with van der Waals surface area (Å²) >= 11 is 0. The summed E-state index contributed by atoms with van der Waals surface area (Å²) in [4.78, 5) is 14.9. The topological polar surface area (TPSA) is 56.0 Å². The molecule has 0 radical (unpaired) electrons. The molecule has 1 aliphatic rings. The fourth-order valence-corrected chi connectivity index (χ4v) is 1.48. The molecule has 0 unspecified atom stereocenters. The lowest BCUT2D eigenvalue weighted by molar-refractivity contribution is 0.111. The molecule has 2 rings (SSSR count). The first-order chi connectivity index (χ1) is 6.35. The average Bonchev–Trinajstić information content (AvgIpc) is 3.00. The smallest absolute Gasteiger partial charge is 0.168 e. The molecule has 1 aromatic rings. The van der Waals surface area contributed by atoms with Crippen molar-refractivity contribution in [3.8, 4) is 0 Å². The quantitative estimate of drug-likeness (QED) is 0.705. The van der Waals surface area contributed by atoms with E-state index in [1.54, 1.807) is 0 Å². The number of hydrogen-bond donors (Lipinski definition) is 1. The summed E-state index contributed by atoms with van der Waals surface area (Å²) in [5.74, 6) is 0.569. The summed E-state index contributed by atoms with van der Waals surface area (Å²) in [5, 5.41) is 0. The molecule has 1 aliphatic carbocycles. The van der Waals surface area contributed by atoms with Gasteiger partial charge in [-0.15, -0.1) is 0 Å². The number of carbonyl (C=O) groups excluding carboxylic acids is 1. The second-order valence-electron chi connectivity index (χ2n) is 3.37. The van der Waals surface area contributed by atoms with Crippen LogP contribution in [0.1, 0.15) is 40.5 Å². The van der Waals surface area contributed by atoms with Crippen molar-refractivity contribution in [3.05, 3.63) is 29.1 Å². The van der Waals surface area contributed by atoms with Gasteiger partial charge in [-0.25, -0.2) is 4.98 Å². The highest BCUT2D eigenvalue weighted by molar-refractivity contribution is 5.75. The second kappa shape index (κ2) is 3.26. The van der Waals surface area contributed by atoms with Crippen LogP contribution in [0.2, 0.25) is 0 Å². The van der Waals surface area contributed by atoms with Crippen molar-refractivity contribution in [2.45, 2.75) is 25.3 Å². The molecule has 2 N–H and O–H groups in total. The Hall–Kier alpha value is -1.22. The maximum Gasteiger partial charge on any atom is 0.168 e. The van der Waals surface area contributed by atoms with E-state index >= 15 is 0 Å². The van der Waals surface area contributed by atoms with Crippen molar-refractivity contribution in [3.63, 3.8) is 0 Å². The molecule has 0 aromatic carbocycles. The van der Waals surface area contributed by atoms with Gasteiger partial charge in [-0.2, -0.15) is 0 Å². The Morgan fingerprint density at radius 1 is 1.54 bits per heavy atom. The summed E-state index contributed by atoms with van der Waals surface area (Å²) in [6, 6.07) is 3.89. The van der Waals surface area contributed by atoms with E-state index in [1.807, 2.05) is 12.1 Å². The maximum atomic E-state index is 10.7. The maximum absolute atomic E-state index is 10.7.